The van der Waals surface area contributed by atoms with Crippen molar-refractivity contribution < 1.29 is 4.92 Å². The van der Waals surface area contributed by atoms with E-state index in [1.165, 1.54) is 23.7 Å². The topological polar surface area (TPSA) is 73.0 Å². The van der Waals surface area contributed by atoms with Crippen molar-refractivity contribution in [2.75, 3.05) is 5.32 Å². The van der Waals surface area contributed by atoms with Crippen LogP contribution in [0.15, 0.2) is 6.20 Å². The standard InChI is InChI=1S/C9H14N4O2/c1-12-6-8(13(14)15)9(11-12)10-7-4-2-3-5-7/h6-7H,2-5H2,1H3,(H,10,11). The van der Waals surface area contributed by atoms with E-state index >= 15 is 0 Å². The van der Waals surface area contributed by atoms with Crippen LogP contribution in [0.25, 0.3) is 0 Å². The van der Waals surface area contributed by atoms with Crippen molar-refractivity contribution in [3.63, 3.8) is 0 Å². The monoisotopic (exact) mass is 210 g/mol. The number of aromatic nitrogens is 2. The summed E-state index contributed by atoms with van der Waals surface area (Å²) in [6.45, 7) is 0. The maximum Gasteiger partial charge on any atom is 0.330 e. The Labute approximate surface area is 87.4 Å². The lowest BCUT2D eigenvalue weighted by molar-refractivity contribution is -0.384. The zero-order valence-electron chi connectivity index (χ0n) is 8.64. The molecular weight excluding hydrogens is 196 g/mol. The van der Waals surface area contributed by atoms with E-state index < -0.39 is 4.92 Å². The van der Waals surface area contributed by atoms with Gasteiger partial charge in [-0.3, -0.25) is 14.8 Å². The number of hydrogen-bond donors (Lipinski definition) is 1. The van der Waals surface area contributed by atoms with Gasteiger partial charge in [0.05, 0.1) is 4.92 Å². The number of hydrogen-bond acceptors (Lipinski definition) is 4. The Morgan fingerprint density at radius 2 is 2.27 bits per heavy atom. The van der Waals surface area contributed by atoms with Crippen LogP contribution in [0.3, 0.4) is 0 Å². The minimum absolute atomic E-state index is 0.0596. The van der Waals surface area contributed by atoms with Gasteiger partial charge in [-0.15, -0.1) is 5.10 Å². The lowest BCUT2D eigenvalue weighted by Crippen LogP contribution is -2.15. The number of rotatable bonds is 3. The molecule has 0 spiro atoms. The number of anilines is 1. The fourth-order valence-electron chi connectivity index (χ4n) is 1.98. The molecule has 2 rings (SSSR count). The first kappa shape index (κ1) is 9.95. The predicted molar refractivity (Wildman–Crippen MR) is 55.7 cm³/mol. The Hall–Kier alpha value is -1.59. The number of nitrogens with one attached hydrogen (secondary N) is 1. The first-order chi connectivity index (χ1) is 7.16. The molecule has 82 valence electrons. The molecule has 0 bridgehead atoms. The molecule has 1 saturated carbocycles. The second-order valence-corrected chi connectivity index (χ2v) is 3.92. The molecular formula is C9H14N4O2. The molecule has 0 radical (unpaired) electrons. The van der Waals surface area contributed by atoms with E-state index in [-0.39, 0.29) is 5.69 Å². The molecule has 15 heavy (non-hydrogen) atoms. The van der Waals surface area contributed by atoms with Crippen molar-refractivity contribution in [2.45, 2.75) is 31.7 Å². The van der Waals surface area contributed by atoms with Crippen molar-refractivity contribution in [2.24, 2.45) is 7.05 Å². The van der Waals surface area contributed by atoms with Crippen LogP contribution in [0.2, 0.25) is 0 Å². The van der Waals surface area contributed by atoms with Crippen LogP contribution in [0, 0.1) is 10.1 Å². The van der Waals surface area contributed by atoms with Gasteiger partial charge in [-0.1, -0.05) is 12.8 Å². The van der Waals surface area contributed by atoms with Gasteiger partial charge in [-0.05, 0) is 12.8 Å². The van der Waals surface area contributed by atoms with Crippen LogP contribution < -0.4 is 5.32 Å². The second-order valence-electron chi connectivity index (χ2n) is 3.92. The predicted octanol–water partition coefficient (Wildman–Crippen LogP) is 1.68. The average Bonchev–Trinajstić information content (AvgIpc) is 2.75. The Bertz CT molecular complexity index is 368. The largest absolute Gasteiger partial charge is 0.360 e. The highest BCUT2D eigenvalue weighted by atomic mass is 16.6. The van der Waals surface area contributed by atoms with Crippen LogP contribution in [0.1, 0.15) is 25.7 Å². The van der Waals surface area contributed by atoms with Crippen LogP contribution in [0.4, 0.5) is 11.5 Å². The first-order valence-corrected chi connectivity index (χ1v) is 5.11. The summed E-state index contributed by atoms with van der Waals surface area (Å²) in [6, 6.07) is 0.346. The quantitative estimate of drug-likeness (QED) is 0.608. The SMILES string of the molecule is Cn1cc([N+](=O)[O-])c(NC2CCCC2)n1. The Morgan fingerprint density at radius 1 is 1.60 bits per heavy atom. The van der Waals surface area contributed by atoms with Gasteiger partial charge in [0.2, 0.25) is 5.82 Å². The maximum atomic E-state index is 10.7. The average molecular weight is 210 g/mol. The molecule has 1 fully saturated rings. The lowest BCUT2D eigenvalue weighted by atomic mass is 10.2. The van der Waals surface area contributed by atoms with Gasteiger partial charge < -0.3 is 5.32 Å². The van der Waals surface area contributed by atoms with E-state index in [4.69, 9.17) is 0 Å². The van der Waals surface area contributed by atoms with Gasteiger partial charge >= 0.3 is 5.69 Å². The molecule has 0 aromatic carbocycles. The molecule has 1 aliphatic carbocycles. The second kappa shape index (κ2) is 3.88. The Morgan fingerprint density at radius 3 is 2.87 bits per heavy atom. The molecule has 6 heteroatoms. The van der Waals surface area contributed by atoms with Crippen molar-refractivity contribution in [1.29, 1.82) is 0 Å². The van der Waals surface area contributed by atoms with Crippen LogP contribution >= 0.6 is 0 Å². The molecule has 6 nitrogen and oxygen atoms in total. The Balaban J connectivity index is 2.15. The molecule has 1 aromatic heterocycles. The molecule has 1 heterocycles. The van der Waals surface area contributed by atoms with Gasteiger partial charge in [0.15, 0.2) is 0 Å². The summed E-state index contributed by atoms with van der Waals surface area (Å²) in [5.74, 6) is 0.398. The molecule has 1 N–H and O–H groups in total. The summed E-state index contributed by atoms with van der Waals surface area (Å²) in [5.41, 5.74) is 0.0596. The molecule has 0 aliphatic heterocycles. The third kappa shape index (κ3) is 2.08. The van der Waals surface area contributed by atoms with E-state index in [1.54, 1.807) is 7.05 Å². The zero-order valence-corrected chi connectivity index (χ0v) is 8.64. The van der Waals surface area contributed by atoms with E-state index in [0.717, 1.165) is 12.8 Å². The summed E-state index contributed by atoms with van der Waals surface area (Å²) >= 11 is 0. The minimum Gasteiger partial charge on any atom is -0.360 e. The summed E-state index contributed by atoms with van der Waals surface area (Å²) in [5, 5.41) is 17.9. The van der Waals surface area contributed by atoms with Crippen LogP contribution in [-0.2, 0) is 7.05 Å². The van der Waals surface area contributed by atoms with Crippen molar-refractivity contribution in [1.82, 2.24) is 9.78 Å². The number of nitro groups is 1. The van der Waals surface area contributed by atoms with Gasteiger partial charge in [-0.25, -0.2) is 0 Å². The third-order valence-electron chi connectivity index (χ3n) is 2.70. The molecule has 0 atom stereocenters. The van der Waals surface area contributed by atoms with Crippen molar-refractivity contribution in [3.8, 4) is 0 Å². The highest BCUT2D eigenvalue weighted by Gasteiger charge is 2.22. The number of aryl methyl sites for hydroxylation is 1. The van der Waals surface area contributed by atoms with E-state index in [2.05, 4.69) is 10.4 Å². The molecule has 1 aliphatic rings. The smallest absolute Gasteiger partial charge is 0.330 e. The summed E-state index contributed by atoms with van der Waals surface area (Å²) in [4.78, 5) is 10.3. The van der Waals surface area contributed by atoms with Gasteiger partial charge in [-0.2, -0.15) is 0 Å². The van der Waals surface area contributed by atoms with E-state index in [9.17, 15) is 10.1 Å². The number of nitrogens with zero attached hydrogens (tertiary/aromatic N) is 3. The van der Waals surface area contributed by atoms with Gasteiger partial charge in [0, 0.05) is 13.1 Å². The van der Waals surface area contributed by atoms with E-state index in [0.29, 0.717) is 11.9 Å². The zero-order chi connectivity index (χ0) is 10.8. The van der Waals surface area contributed by atoms with E-state index in [1.807, 2.05) is 0 Å². The van der Waals surface area contributed by atoms with Crippen LogP contribution in [0.5, 0.6) is 0 Å². The summed E-state index contributed by atoms with van der Waals surface area (Å²) < 4.78 is 1.47. The molecule has 1 aromatic rings. The third-order valence-corrected chi connectivity index (χ3v) is 2.70. The van der Waals surface area contributed by atoms with Crippen LogP contribution in [-0.4, -0.2) is 20.7 Å². The maximum absolute atomic E-state index is 10.7. The lowest BCUT2D eigenvalue weighted by Gasteiger charge is -2.09. The first-order valence-electron chi connectivity index (χ1n) is 5.11. The molecule has 0 saturated heterocycles. The fraction of sp³-hybridized carbons (Fsp3) is 0.667. The highest BCUT2D eigenvalue weighted by Crippen LogP contribution is 2.27. The van der Waals surface area contributed by atoms with Crippen molar-refractivity contribution >= 4 is 11.5 Å². The molecule has 0 amide bonds. The molecule has 0 unspecified atom stereocenters. The minimum atomic E-state index is -0.399. The van der Waals surface area contributed by atoms with Gasteiger partial charge in [0.1, 0.15) is 6.20 Å². The normalized spacial score (nSPS) is 16.9. The van der Waals surface area contributed by atoms with Crippen molar-refractivity contribution in [3.05, 3.63) is 16.3 Å². The summed E-state index contributed by atoms with van der Waals surface area (Å²) in [7, 11) is 1.69. The highest BCUT2D eigenvalue weighted by molar-refractivity contribution is 5.55. The summed E-state index contributed by atoms with van der Waals surface area (Å²) in [6.07, 6.45) is 5.97. The Kier molecular flexibility index (Phi) is 2.57. The fourth-order valence-corrected chi connectivity index (χ4v) is 1.98. The van der Waals surface area contributed by atoms with Gasteiger partial charge in [0.25, 0.3) is 0 Å².